The molecule has 4 rings (SSSR count). The van der Waals surface area contributed by atoms with Crippen LogP contribution in [0.3, 0.4) is 0 Å². The predicted molar refractivity (Wildman–Crippen MR) is 142 cm³/mol. The van der Waals surface area contributed by atoms with Crippen LogP contribution in [0.4, 0.5) is 4.39 Å². The summed E-state index contributed by atoms with van der Waals surface area (Å²) < 4.78 is 16.3. The number of halogens is 1. The number of amides is 1. The Balaban J connectivity index is 1.94. The Morgan fingerprint density at radius 2 is 1.69 bits per heavy atom. The van der Waals surface area contributed by atoms with E-state index >= 15 is 0 Å². The molecule has 0 aliphatic carbocycles. The zero-order valence-corrected chi connectivity index (χ0v) is 21.5. The Labute approximate surface area is 211 Å². The van der Waals surface area contributed by atoms with E-state index in [1.165, 1.54) is 12.1 Å². The maximum atomic E-state index is 14.7. The van der Waals surface area contributed by atoms with Crippen molar-refractivity contribution in [1.82, 2.24) is 14.5 Å². The normalized spacial score (nSPS) is 12.2. The van der Waals surface area contributed by atoms with Gasteiger partial charge in [-0.2, -0.15) is 0 Å². The number of aryl methyl sites for hydroxylation is 2. The Kier molecular flexibility index (Phi) is 7.34. The average molecular weight is 486 g/mol. The highest BCUT2D eigenvalue weighted by molar-refractivity contribution is 5.94. The molecular weight excluding hydrogens is 453 g/mol. The molecule has 0 bridgehead atoms. The minimum absolute atomic E-state index is 0.00862. The Hall–Kier alpha value is -3.80. The topological polar surface area (TPSA) is 55.2 Å². The second kappa shape index (κ2) is 10.4. The summed E-state index contributed by atoms with van der Waals surface area (Å²) in [5, 5.41) is 0.502. The molecular formula is C30H32FN3O2. The summed E-state index contributed by atoms with van der Waals surface area (Å²) in [6.45, 7) is 10.4. The second-order valence-electron chi connectivity index (χ2n) is 9.75. The summed E-state index contributed by atoms with van der Waals surface area (Å²) in [6, 6.07) is 18.5. The third kappa shape index (κ3) is 4.94. The van der Waals surface area contributed by atoms with Gasteiger partial charge < -0.3 is 4.90 Å². The van der Waals surface area contributed by atoms with Crippen LogP contribution in [-0.2, 0) is 0 Å². The minimum Gasteiger partial charge on any atom is -0.329 e. The number of hydrogen-bond donors (Lipinski definition) is 0. The van der Waals surface area contributed by atoms with E-state index in [2.05, 4.69) is 13.8 Å². The third-order valence-corrected chi connectivity index (χ3v) is 6.55. The second-order valence-corrected chi connectivity index (χ2v) is 9.75. The van der Waals surface area contributed by atoms with E-state index in [1.807, 2.05) is 51.1 Å². The standard InChI is InChI=1S/C30H32FN3O2/c1-19(2)16-17-33(29(35)23-10-6-8-12-25(23)31)22(5)28-32-26-13-9-7-11-24(26)30(36)34(28)27-15-14-20(3)18-21(27)4/h6-15,18-19,22H,16-17H2,1-5H3. The van der Waals surface area contributed by atoms with E-state index in [1.54, 1.807) is 33.7 Å². The van der Waals surface area contributed by atoms with Crippen LogP contribution in [-0.4, -0.2) is 26.9 Å². The summed E-state index contributed by atoms with van der Waals surface area (Å²) in [7, 11) is 0. The maximum absolute atomic E-state index is 14.7. The number of fused-ring (bicyclic) bond motifs is 1. The highest BCUT2D eigenvalue weighted by Crippen LogP contribution is 2.27. The Morgan fingerprint density at radius 1 is 1.00 bits per heavy atom. The quantitative estimate of drug-likeness (QED) is 0.305. The highest BCUT2D eigenvalue weighted by atomic mass is 19.1. The number of para-hydroxylation sites is 1. The lowest BCUT2D eigenvalue weighted by Gasteiger charge is -2.31. The predicted octanol–water partition coefficient (Wildman–Crippen LogP) is 6.39. The monoisotopic (exact) mass is 485 g/mol. The van der Waals surface area contributed by atoms with Gasteiger partial charge in [-0.1, -0.05) is 55.8 Å². The molecule has 0 saturated heterocycles. The van der Waals surface area contributed by atoms with Crippen LogP contribution >= 0.6 is 0 Å². The first kappa shape index (κ1) is 25.3. The Morgan fingerprint density at radius 3 is 2.39 bits per heavy atom. The molecule has 1 atom stereocenters. The number of carbonyl (C=O) groups is 1. The van der Waals surface area contributed by atoms with Crippen molar-refractivity contribution in [1.29, 1.82) is 0 Å². The van der Waals surface area contributed by atoms with E-state index in [0.29, 0.717) is 34.9 Å². The number of rotatable bonds is 7. The molecule has 0 saturated carbocycles. The number of nitrogens with zero attached hydrogens (tertiary/aromatic N) is 3. The van der Waals surface area contributed by atoms with Gasteiger partial charge >= 0.3 is 0 Å². The molecule has 0 aliphatic heterocycles. The number of carbonyl (C=O) groups excluding carboxylic acids is 1. The van der Waals surface area contributed by atoms with Crippen molar-refractivity contribution in [3.8, 4) is 5.69 Å². The zero-order chi connectivity index (χ0) is 26.0. The number of hydrogen-bond acceptors (Lipinski definition) is 3. The van der Waals surface area contributed by atoms with Crippen molar-refractivity contribution < 1.29 is 9.18 Å². The smallest absolute Gasteiger partial charge is 0.266 e. The van der Waals surface area contributed by atoms with Crippen molar-refractivity contribution in [2.75, 3.05) is 6.54 Å². The van der Waals surface area contributed by atoms with Crippen LogP contribution in [0.15, 0.2) is 71.5 Å². The van der Waals surface area contributed by atoms with Gasteiger partial charge in [0.2, 0.25) is 0 Å². The van der Waals surface area contributed by atoms with E-state index in [4.69, 9.17) is 4.98 Å². The molecule has 0 spiro atoms. The molecule has 5 nitrogen and oxygen atoms in total. The van der Waals surface area contributed by atoms with E-state index in [-0.39, 0.29) is 11.1 Å². The first-order valence-electron chi connectivity index (χ1n) is 12.3. The van der Waals surface area contributed by atoms with Crippen molar-refractivity contribution >= 4 is 16.8 Å². The SMILES string of the molecule is Cc1ccc(-n2c(C(C)N(CCC(C)C)C(=O)c3ccccc3F)nc3ccccc3c2=O)c(C)c1. The van der Waals surface area contributed by atoms with Crippen LogP contribution in [0.25, 0.3) is 16.6 Å². The molecule has 6 heteroatoms. The summed E-state index contributed by atoms with van der Waals surface area (Å²) in [5.41, 5.74) is 3.10. The average Bonchev–Trinajstić information content (AvgIpc) is 2.84. The number of aromatic nitrogens is 2. The number of benzene rings is 3. The summed E-state index contributed by atoms with van der Waals surface area (Å²) >= 11 is 0. The van der Waals surface area contributed by atoms with Gasteiger partial charge in [0.15, 0.2) is 0 Å². The van der Waals surface area contributed by atoms with Gasteiger partial charge in [-0.05, 0) is 69.0 Å². The first-order valence-corrected chi connectivity index (χ1v) is 12.3. The zero-order valence-electron chi connectivity index (χ0n) is 21.5. The summed E-state index contributed by atoms with van der Waals surface area (Å²) in [6.07, 6.45) is 0.728. The minimum atomic E-state index is -0.589. The van der Waals surface area contributed by atoms with Gasteiger partial charge in [-0.3, -0.25) is 14.2 Å². The summed E-state index contributed by atoms with van der Waals surface area (Å²) in [4.78, 5) is 34.0. The van der Waals surface area contributed by atoms with Gasteiger partial charge in [-0.25, -0.2) is 9.37 Å². The molecule has 0 fully saturated rings. The third-order valence-electron chi connectivity index (χ3n) is 6.55. The molecule has 1 amide bonds. The fourth-order valence-corrected chi connectivity index (χ4v) is 4.52. The first-order chi connectivity index (χ1) is 17.2. The van der Waals surface area contributed by atoms with Gasteiger partial charge in [0.05, 0.1) is 28.2 Å². The lowest BCUT2D eigenvalue weighted by atomic mass is 10.1. The molecule has 1 unspecified atom stereocenters. The van der Waals surface area contributed by atoms with E-state index in [0.717, 1.165) is 17.5 Å². The van der Waals surface area contributed by atoms with Gasteiger partial charge in [0.25, 0.3) is 11.5 Å². The van der Waals surface area contributed by atoms with Crippen LogP contribution in [0, 0.1) is 25.6 Å². The molecule has 3 aromatic carbocycles. The van der Waals surface area contributed by atoms with E-state index < -0.39 is 17.8 Å². The molecule has 4 aromatic rings. The molecule has 0 aliphatic rings. The lowest BCUT2D eigenvalue weighted by Crippen LogP contribution is -2.39. The molecule has 1 aromatic heterocycles. The largest absolute Gasteiger partial charge is 0.329 e. The molecule has 0 radical (unpaired) electrons. The van der Waals surface area contributed by atoms with E-state index in [9.17, 15) is 14.0 Å². The van der Waals surface area contributed by atoms with Crippen molar-refractivity contribution in [3.63, 3.8) is 0 Å². The fourth-order valence-electron chi connectivity index (χ4n) is 4.52. The molecule has 0 N–H and O–H groups in total. The van der Waals surface area contributed by atoms with Crippen LogP contribution in [0.1, 0.15) is 60.5 Å². The fraction of sp³-hybridized carbons (Fsp3) is 0.300. The molecule has 1 heterocycles. The summed E-state index contributed by atoms with van der Waals surface area (Å²) in [5.74, 6) is -0.211. The van der Waals surface area contributed by atoms with Crippen LogP contribution in [0.5, 0.6) is 0 Å². The van der Waals surface area contributed by atoms with Crippen molar-refractivity contribution in [2.24, 2.45) is 5.92 Å². The van der Waals surface area contributed by atoms with Gasteiger partial charge in [0.1, 0.15) is 11.6 Å². The van der Waals surface area contributed by atoms with Crippen LogP contribution < -0.4 is 5.56 Å². The van der Waals surface area contributed by atoms with Crippen molar-refractivity contribution in [2.45, 2.75) is 47.1 Å². The lowest BCUT2D eigenvalue weighted by molar-refractivity contribution is 0.0666. The molecule has 36 heavy (non-hydrogen) atoms. The van der Waals surface area contributed by atoms with Crippen LogP contribution in [0.2, 0.25) is 0 Å². The van der Waals surface area contributed by atoms with Gasteiger partial charge in [0, 0.05) is 6.54 Å². The highest BCUT2D eigenvalue weighted by Gasteiger charge is 2.29. The maximum Gasteiger partial charge on any atom is 0.266 e. The van der Waals surface area contributed by atoms with Gasteiger partial charge in [-0.15, -0.1) is 0 Å². The molecule has 186 valence electrons. The Bertz CT molecular complexity index is 1480. The van der Waals surface area contributed by atoms with Crippen molar-refractivity contribution in [3.05, 3.63) is 105 Å².